The van der Waals surface area contributed by atoms with E-state index in [9.17, 15) is 9.90 Å². The van der Waals surface area contributed by atoms with Crippen LogP contribution in [0.4, 0.5) is 11.4 Å². The van der Waals surface area contributed by atoms with Gasteiger partial charge in [0.2, 0.25) is 0 Å². The Morgan fingerprint density at radius 1 is 0.900 bits per heavy atom. The summed E-state index contributed by atoms with van der Waals surface area (Å²) in [6, 6.07) is 23.3. The van der Waals surface area contributed by atoms with E-state index in [1.807, 2.05) is 23.1 Å². The number of aliphatic imine (C=N–C) groups is 1. The van der Waals surface area contributed by atoms with E-state index < -0.39 is 0 Å². The first-order valence-electron chi connectivity index (χ1n) is 10.2. The molecule has 3 aromatic rings. The number of amides is 1. The maximum Gasteiger partial charge on any atom is 0.278 e. The van der Waals surface area contributed by atoms with Crippen LogP contribution in [0.1, 0.15) is 43.9 Å². The molecule has 30 heavy (non-hydrogen) atoms. The molecule has 0 fully saturated rings. The van der Waals surface area contributed by atoms with E-state index in [0.717, 1.165) is 23.2 Å². The molecule has 4 heteroatoms. The van der Waals surface area contributed by atoms with Crippen LogP contribution < -0.4 is 4.90 Å². The number of carbonyl (C=O) groups is 1. The SMILES string of the molecule is CC1(C)C[C@@](C)(c2ccccc2)c2cccc3c2N1C(=O)C3=Nc1ccc(O)cc1. The largest absolute Gasteiger partial charge is 0.508 e. The van der Waals surface area contributed by atoms with Crippen molar-refractivity contribution < 1.29 is 9.90 Å². The molecule has 2 heterocycles. The molecule has 150 valence electrons. The van der Waals surface area contributed by atoms with Crippen LogP contribution in [0.5, 0.6) is 5.75 Å². The average molecular weight is 396 g/mol. The minimum atomic E-state index is -0.364. The highest BCUT2D eigenvalue weighted by Crippen LogP contribution is 2.53. The van der Waals surface area contributed by atoms with Crippen LogP contribution >= 0.6 is 0 Å². The number of hydrogen-bond acceptors (Lipinski definition) is 3. The fourth-order valence-electron chi connectivity index (χ4n) is 5.19. The molecule has 0 aliphatic carbocycles. The van der Waals surface area contributed by atoms with E-state index >= 15 is 0 Å². The van der Waals surface area contributed by atoms with Gasteiger partial charge in [-0.15, -0.1) is 0 Å². The summed E-state index contributed by atoms with van der Waals surface area (Å²) in [6.45, 7) is 6.54. The molecule has 0 bridgehead atoms. The van der Waals surface area contributed by atoms with Gasteiger partial charge in [0, 0.05) is 16.5 Å². The van der Waals surface area contributed by atoms with Gasteiger partial charge in [-0.05, 0) is 55.7 Å². The summed E-state index contributed by atoms with van der Waals surface area (Å²) in [5, 5.41) is 9.56. The van der Waals surface area contributed by atoms with Crippen LogP contribution in [0.3, 0.4) is 0 Å². The Bertz CT molecular complexity index is 1180. The Hall–Kier alpha value is -3.40. The van der Waals surface area contributed by atoms with Gasteiger partial charge < -0.3 is 10.0 Å². The second-order valence-corrected chi connectivity index (χ2v) is 9.01. The lowest BCUT2D eigenvalue weighted by Gasteiger charge is -2.49. The van der Waals surface area contributed by atoms with Gasteiger partial charge in [0.15, 0.2) is 0 Å². The van der Waals surface area contributed by atoms with Crippen molar-refractivity contribution in [1.29, 1.82) is 0 Å². The molecule has 1 N–H and O–H groups in total. The summed E-state index contributed by atoms with van der Waals surface area (Å²) in [5.41, 5.74) is 4.80. The number of hydrogen-bond donors (Lipinski definition) is 1. The summed E-state index contributed by atoms with van der Waals surface area (Å²) in [6.07, 6.45) is 0.818. The van der Waals surface area contributed by atoms with Gasteiger partial charge in [-0.25, -0.2) is 4.99 Å². The second kappa shape index (κ2) is 6.30. The number of benzene rings is 3. The fourth-order valence-corrected chi connectivity index (χ4v) is 5.19. The molecule has 2 aliphatic rings. The van der Waals surface area contributed by atoms with E-state index in [1.54, 1.807) is 24.3 Å². The maximum atomic E-state index is 13.6. The molecule has 0 saturated heterocycles. The van der Waals surface area contributed by atoms with Crippen molar-refractivity contribution >= 4 is 23.0 Å². The summed E-state index contributed by atoms with van der Waals surface area (Å²) in [5.74, 6) is 0.115. The van der Waals surface area contributed by atoms with Gasteiger partial charge in [0.05, 0.1) is 11.4 Å². The van der Waals surface area contributed by atoms with E-state index in [0.29, 0.717) is 11.4 Å². The molecule has 0 radical (unpaired) electrons. The normalized spacial score (nSPS) is 23.0. The van der Waals surface area contributed by atoms with Crippen molar-refractivity contribution in [2.24, 2.45) is 4.99 Å². The lowest BCUT2D eigenvalue weighted by atomic mass is 9.65. The zero-order chi connectivity index (χ0) is 21.1. The van der Waals surface area contributed by atoms with E-state index in [2.05, 4.69) is 56.1 Å². The molecule has 1 atom stereocenters. The Morgan fingerprint density at radius 3 is 2.30 bits per heavy atom. The zero-order valence-corrected chi connectivity index (χ0v) is 17.4. The van der Waals surface area contributed by atoms with Crippen LogP contribution in [-0.4, -0.2) is 22.3 Å². The van der Waals surface area contributed by atoms with Gasteiger partial charge in [0.25, 0.3) is 5.91 Å². The first-order valence-corrected chi connectivity index (χ1v) is 10.2. The number of rotatable bonds is 2. The molecule has 3 aromatic carbocycles. The molecule has 0 saturated carbocycles. The Morgan fingerprint density at radius 2 is 1.60 bits per heavy atom. The minimum absolute atomic E-state index is 0.0642. The lowest BCUT2D eigenvalue weighted by molar-refractivity contribution is -0.113. The summed E-state index contributed by atoms with van der Waals surface area (Å²) < 4.78 is 0. The van der Waals surface area contributed by atoms with Crippen molar-refractivity contribution in [2.75, 3.05) is 4.90 Å². The number of carbonyl (C=O) groups excluding carboxylic acids is 1. The lowest BCUT2D eigenvalue weighted by Crippen LogP contribution is -2.54. The van der Waals surface area contributed by atoms with Crippen molar-refractivity contribution in [3.05, 3.63) is 89.5 Å². The number of aromatic hydroxyl groups is 1. The predicted octanol–water partition coefficient (Wildman–Crippen LogP) is 5.35. The van der Waals surface area contributed by atoms with Gasteiger partial charge in [-0.3, -0.25) is 4.79 Å². The van der Waals surface area contributed by atoms with E-state index in [4.69, 9.17) is 0 Å². The number of nitrogens with zero attached hydrogens (tertiary/aromatic N) is 2. The number of phenolic OH excluding ortho intramolecular Hbond substituents is 1. The van der Waals surface area contributed by atoms with Crippen LogP contribution in [0, 0.1) is 0 Å². The number of anilines is 1. The molecule has 5 rings (SSSR count). The fraction of sp³-hybridized carbons (Fsp3) is 0.231. The predicted molar refractivity (Wildman–Crippen MR) is 120 cm³/mol. The van der Waals surface area contributed by atoms with E-state index in [1.165, 1.54) is 5.56 Å². The highest BCUT2D eigenvalue weighted by atomic mass is 16.3. The number of para-hydroxylation sites is 1. The van der Waals surface area contributed by atoms with Crippen molar-refractivity contribution in [2.45, 2.75) is 38.1 Å². The van der Waals surface area contributed by atoms with Crippen LogP contribution in [0.2, 0.25) is 0 Å². The summed E-state index contributed by atoms with van der Waals surface area (Å²) in [7, 11) is 0. The monoisotopic (exact) mass is 396 g/mol. The highest BCUT2D eigenvalue weighted by Gasteiger charge is 2.52. The second-order valence-electron chi connectivity index (χ2n) is 9.01. The van der Waals surface area contributed by atoms with Crippen LogP contribution in [-0.2, 0) is 10.2 Å². The molecular weight excluding hydrogens is 372 g/mol. The van der Waals surface area contributed by atoms with Gasteiger partial charge in [-0.1, -0.05) is 55.5 Å². The summed E-state index contributed by atoms with van der Waals surface area (Å²) >= 11 is 0. The first-order chi connectivity index (χ1) is 14.3. The quantitative estimate of drug-likeness (QED) is 0.635. The van der Waals surface area contributed by atoms with Gasteiger partial charge >= 0.3 is 0 Å². The standard InChI is InChI=1S/C26H24N2O2/c1-25(2)16-26(3,17-8-5-4-6-9-17)21-11-7-10-20-22(24(30)28(25)23(20)21)27-18-12-14-19(29)15-13-18/h4-15,29H,16H2,1-3H3/t26-/m0/s1. The Kier molecular flexibility index (Phi) is 3.91. The number of phenols is 1. The van der Waals surface area contributed by atoms with Gasteiger partial charge in [0.1, 0.15) is 11.5 Å². The van der Waals surface area contributed by atoms with Crippen molar-refractivity contribution in [3.8, 4) is 5.75 Å². The van der Waals surface area contributed by atoms with Crippen LogP contribution in [0.25, 0.3) is 0 Å². The summed E-state index contributed by atoms with van der Waals surface area (Å²) in [4.78, 5) is 20.2. The van der Waals surface area contributed by atoms with E-state index in [-0.39, 0.29) is 22.6 Å². The third-order valence-electron chi connectivity index (χ3n) is 6.41. The topological polar surface area (TPSA) is 52.9 Å². The maximum absolute atomic E-state index is 13.6. The smallest absolute Gasteiger partial charge is 0.278 e. The molecule has 0 aromatic heterocycles. The average Bonchev–Trinajstić information content (AvgIpc) is 3.01. The van der Waals surface area contributed by atoms with Crippen LogP contribution in [0.15, 0.2) is 77.8 Å². The zero-order valence-electron chi connectivity index (χ0n) is 17.4. The Balaban J connectivity index is 1.75. The third kappa shape index (κ3) is 2.60. The molecule has 0 spiro atoms. The molecule has 2 aliphatic heterocycles. The molecule has 4 nitrogen and oxygen atoms in total. The molecule has 1 amide bonds. The molecule has 0 unspecified atom stereocenters. The molecular formula is C26H24N2O2. The third-order valence-corrected chi connectivity index (χ3v) is 6.41. The van der Waals surface area contributed by atoms with Crippen molar-refractivity contribution in [1.82, 2.24) is 0 Å². The van der Waals surface area contributed by atoms with Crippen molar-refractivity contribution in [3.63, 3.8) is 0 Å². The first kappa shape index (κ1) is 18.6. The Labute approximate surface area is 176 Å². The van der Waals surface area contributed by atoms with Gasteiger partial charge in [-0.2, -0.15) is 0 Å². The highest BCUT2D eigenvalue weighted by molar-refractivity contribution is 6.55. The minimum Gasteiger partial charge on any atom is -0.508 e.